The number of amides is 1. The molecule has 0 spiro atoms. The van der Waals surface area contributed by atoms with Gasteiger partial charge in [-0.15, -0.1) is 11.3 Å². The first-order valence-electron chi connectivity index (χ1n) is 6.44. The van der Waals surface area contributed by atoms with Crippen molar-refractivity contribution in [3.8, 4) is 17.6 Å². The van der Waals surface area contributed by atoms with Crippen LogP contribution in [0, 0.1) is 18.8 Å². The number of phenols is 1. The van der Waals surface area contributed by atoms with E-state index in [9.17, 15) is 9.90 Å². The fraction of sp³-hybridized carbons (Fsp3) is 0.188. The van der Waals surface area contributed by atoms with Gasteiger partial charge in [0.2, 0.25) is 0 Å². The lowest BCUT2D eigenvalue weighted by Gasteiger charge is -2.06. The van der Waals surface area contributed by atoms with E-state index in [4.69, 9.17) is 5.73 Å². The van der Waals surface area contributed by atoms with Crippen LogP contribution in [0.4, 0.5) is 0 Å². The number of nitrogens with two attached hydrogens (primary N) is 1. The summed E-state index contributed by atoms with van der Waals surface area (Å²) in [6.45, 7) is 2.60. The van der Waals surface area contributed by atoms with Crippen molar-refractivity contribution in [2.24, 2.45) is 5.73 Å². The fourth-order valence-electron chi connectivity index (χ4n) is 1.79. The highest BCUT2D eigenvalue weighted by molar-refractivity contribution is 7.10. The SMILES string of the molecule is Cc1ccc(O)c(C(=O)NCc2cc(C#CCN)cs2)c1. The van der Waals surface area contributed by atoms with Gasteiger partial charge in [-0.25, -0.2) is 0 Å². The molecule has 0 aliphatic rings. The minimum Gasteiger partial charge on any atom is -0.507 e. The van der Waals surface area contributed by atoms with Crippen LogP contribution in [0.1, 0.15) is 26.4 Å². The number of aryl methyl sites for hydroxylation is 1. The summed E-state index contributed by atoms with van der Waals surface area (Å²) in [5.41, 5.74) is 7.43. The second-order valence-electron chi connectivity index (χ2n) is 4.51. The number of thiophene rings is 1. The van der Waals surface area contributed by atoms with Crippen molar-refractivity contribution >= 4 is 17.2 Å². The number of nitrogens with one attached hydrogen (secondary N) is 1. The van der Waals surface area contributed by atoms with Crippen LogP contribution in [-0.2, 0) is 6.54 Å². The molecule has 0 unspecified atom stereocenters. The van der Waals surface area contributed by atoms with Gasteiger partial charge in [0.05, 0.1) is 18.7 Å². The fourth-order valence-corrected chi connectivity index (χ4v) is 2.54. The molecule has 4 nitrogen and oxygen atoms in total. The maximum atomic E-state index is 12.1. The number of carbonyl (C=O) groups excluding carboxylic acids is 1. The van der Waals surface area contributed by atoms with Crippen molar-refractivity contribution in [1.82, 2.24) is 5.32 Å². The molecular formula is C16H16N2O2S. The molecule has 5 heteroatoms. The highest BCUT2D eigenvalue weighted by atomic mass is 32.1. The molecule has 108 valence electrons. The van der Waals surface area contributed by atoms with Gasteiger partial charge in [-0.3, -0.25) is 4.79 Å². The Kier molecular flexibility index (Phi) is 4.99. The average molecular weight is 300 g/mol. The zero-order valence-corrected chi connectivity index (χ0v) is 12.5. The van der Waals surface area contributed by atoms with Gasteiger partial charge in [-0.1, -0.05) is 23.5 Å². The summed E-state index contributed by atoms with van der Waals surface area (Å²) >= 11 is 1.52. The molecule has 1 aromatic heterocycles. The zero-order chi connectivity index (χ0) is 15.2. The van der Waals surface area contributed by atoms with Crippen molar-refractivity contribution < 1.29 is 9.90 Å². The van der Waals surface area contributed by atoms with Gasteiger partial charge in [-0.2, -0.15) is 0 Å². The van der Waals surface area contributed by atoms with Crippen molar-refractivity contribution in [1.29, 1.82) is 0 Å². The second-order valence-corrected chi connectivity index (χ2v) is 5.51. The van der Waals surface area contributed by atoms with E-state index < -0.39 is 0 Å². The molecule has 1 heterocycles. The number of aromatic hydroxyl groups is 1. The van der Waals surface area contributed by atoms with Crippen molar-refractivity contribution in [2.45, 2.75) is 13.5 Å². The lowest BCUT2D eigenvalue weighted by atomic mass is 10.1. The minimum absolute atomic E-state index is 0.0150. The number of rotatable bonds is 3. The highest BCUT2D eigenvalue weighted by Gasteiger charge is 2.11. The van der Waals surface area contributed by atoms with Gasteiger partial charge in [0.1, 0.15) is 5.75 Å². The number of carbonyl (C=O) groups is 1. The van der Waals surface area contributed by atoms with Crippen LogP contribution in [0.15, 0.2) is 29.6 Å². The molecule has 0 atom stereocenters. The van der Waals surface area contributed by atoms with Gasteiger partial charge in [0.15, 0.2) is 0 Å². The monoisotopic (exact) mass is 300 g/mol. The Morgan fingerprint density at radius 3 is 3.00 bits per heavy atom. The molecular weight excluding hydrogens is 284 g/mol. The first-order valence-corrected chi connectivity index (χ1v) is 7.32. The van der Waals surface area contributed by atoms with E-state index in [1.807, 2.05) is 18.4 Å². The molecule has 1 aromatic carbocycles. The van der Waals surface area contributed by atoms with Gasteiger partial charge in [-0.05, 0) is 25.1 Å². The van der Waals surface area contributed by atoms with E-state index in [0.29, 0.717) is 13.1 Å². The highest BCUT2D eigenvalue weighted by Crippen LogP contribution is 2.19. The summed E-state index contributed by atoms with van der Waals surface area (Å²) in [5.74, 6) is 5.42. The van der Waals surface area contributed by atoms with Gasteiger partial charge in [0.25, 0.3) is 5.91 Å². The van der Waals surface area contributed by atoms with E-state index in [0.717, 1.165) is 16.0 Å². The summed E-state index contributed by atoms with van der Waals surface area (Å²) < 4.78 is 0. The standard InChI is InChI=1S/C16H16N2O2S/c1-11-4-5-15(19)14(7-11)16(20)18-9-13-8-12(10-21-13)3-2-6-17/h4-5,7-8,10,19H,6,9,17H2,1H3,(H,18,20). The maximum Gasteiger partial charge on any atom is 0.255 e. The third-order valence-corrected chi connectivity index (χ3v) is 3.75. The molecule has 2 rings (SSSR count). The molecule has 0 radical (unpaired) electrons. The van der Waals surface area contributed by atoms with Crippen LogP contribution in [-0.4, -0.2) is 17.6 Å². The van der Waals surface area contributed by atoms with Gasteiger partial charge < -0.3 is 16.2 Å². The normalized spacial score (nSPS) is 9.81. The van der Waals surface area contributed by atoms with Gasteiger partial charge >= 0.3 is 0 Å². The molecule has 0 aliphatic heterocycles. The predicted molar refractivity (Wildman–Crippen MR) is 84.3 cm³/mol. The van der Waals surface area contributed by atoms with E-state index in [1.165, 1.54) is 17.4 Å². The first kappa shape index (κ1) is 15.1. The topological polar surface area (TPSA) is 75.3 Å². The summed E-state index contributed by atoms with van der Waals surface area (Å²) in [6, 6.07) is 6.87. The summed E-state index contributed by atoms with van der Waals surface area (Å²) in [4.78, 5) is 13.1. The largest absolute Gasteiger partial charge is 0.507 e. The Hall–Kier alpha value is -2.29. The Bertz CT molecular complexity index is 711. The Morgan fingerprint density at radius 2 is 2.24 bits per heavy atom. The maximum absolute atomic E-state index is 12.1. The average Bonchev–Trinajstić information content (AvgIpc) is 2.93. The van der Waals surface area contributed by atoms with Crippen LogP contribution < -0.4 is 11.1 Å². The smallest absolute Gasteiger partial charge is 0.255 e. The zero-order valence-electron chi connectivity index (χ0n) is 11.6. The van der Waals surface area contributed by atoms with E-state index in [-0.39, 0.29) is 17.2 Å². The van der Waals surface area contributed by atoms with Crippen molar-refractivity contribution in [3.63, 3.8) is 0 Å². The Labute approximate surface area is 127 Å². The minimum atomic E-state index is -0.292. The molecule has 0 saturated carbocycles. The lowest BCUT2D eigenvalue weighted by Crippen LogP contribution is -2.22. The molecule has 0 bridgehead atoms. The third-order valence-electron chi connectivity index (χ3n) is 2.81. The van der Waals surface area contributed by atoms with Crippen LogP contribution in [0.3, 0.4) is 0 Å². The van der Waals surface area contributed by atoms with E-state index in [1.54, 1.807) is 12.1 Å². The number of hydrogen-bond donors (Lipinski definition) is 3. The van der Waals surface area contributed by atoms with E-state index >= 15 is 0 Å². The summed E-state index contributed by atoms with van der Waals surface area (Å²) in [7, 11) is 0. The predicted octanol–water partition coefficient (Wildman–Crippen LogP) is 2.00. The summed E-state index contributed by atoms with van der Waals surface area (Å²) in [5, 5.41) is 14.4. The van der Waals surface area contributed by atoms with Crippen LogP contribution >= 0.6 is 11.3 Å². The molecule has 2 aromatic rings. The Morgan fingerprint density at radius 1 is 1.43 bits per heavy atom. The molecule has 0 fully saturated rings. The van der Waals surface area contributed by atoms with Crippen molar-refractivity contribution in [3.05, 3.63) is 51.2 Å². The van der Waals surface area contributed by atoms with Gasteiger partial charge in [0, 0.05) is 15.8 Å². The molecule has 21 heavy (non-hydrogen) atoms. The third kappa shape index (κ3) is 4.09. The van der Waals surface area contributed by atoms with Crippen LogP contribution in [0.5, 0.6) is 5.75 Å². The van der Waals surface area contributed by atoms with Crippen molar-refractivity contribution in [2.75, 3.05) is 6.54 Å². The Balaban J connectivity index is 2.01. The quantitative estimate of drug-likeness (QED) is 0.759. The molecule has 0 saturated heterocycles. The second kappa shape index (κ2) is 6.93. The lowest BCUT2D eigenvalue weighted by molar-refractivity contribution is 0.0948. The number of hydrogen-bond acceptors (Lipinski definition) is 4. The number of phenolic OH excluding ortho intramolecular Hbond substituents is 1. The molecule has 1 amide bonds. The first-order chi connectivity index (χ1) is 10.1. The molecule has 4 N–H and O–H groups in total. The van der Waals surface area contributed by atoms with E-state index in [2.05, 4.69) is 17.2 Å². The van der Waals surface area contributed by atoms with Crippen LogP contribution in [0.2, 0.25) is 0 Å². The number of benzene rings is 1. The molecule has 0 aliphatic carbocycles. The summed E-state index contributed by atoms with van der Waals surface area (Å²) in [6.07, 6.45) is 0. The van der Waals surface area contributed by atoms with Crippen LogP contribution in [0.25, 0.3) is 0 Å².